The lowest BCUT2D eigenvalue weighted by Crippen LogP contribution is -2.27. The third kappa shape index (κ3) is 3.16. The van der Waals surface area contributed by atoms with E-state index in [0.29, 0.717) is 9.93 Å². The first-order chi connectivity index (χ1) is 13.3. The van der Waals surface area contributed by atoms with Crippen molar-refractivity contribution in [1.29, 1.82) is 0 Å². The van der Waals surface area contributed by atoms with Crippen LogP contribution in [-0.2, 0) is 25.4 Å². The van der Waals surface area contributed by atoms with E-state index in [1.54, 1.807) is 53.6 Å². The second-order valence-corrected chi connectivity index (χ2v) is 7.97. The molecule has 1 aliphatic heterocycles. The number of amides is 2. The van der Waals surface area contributed by atoms with Crippen LogP contribution < -0.4 is 5.69 Å². The van der Waals surface area contributed by atoms with Crippen molar-refractivity contribution in [3.8, 4) is 0 Å². The molecule has 3 aromatic rings. The van der Waals surface area contributed by atoms with E-state index in [4.69, 9.17) is 11.6 Å². The molecule has 0 unspecified atom stereocenters. The summed E-state index contributed by atoms with van der Waals surface area (Å²) >= 11 is 6.80. The van der Waals surface area contributed by atoms with E-state index in [0.717, 1.165) is 33.9 Å². The van der Waals surface area contributed by atoms with E-state index in [-0.39, 0.29) is 23.4 Å². The van der Waals surface area contributed by atoms with Crippen LogP contribution in [0.1, 0.15) is 11.1 Å². The molecule has 2 aromatic carbocycles. The number of hydrogen-bond donors (Lipinski definition) is 0. The minimum absolute atomic E-state index is 0.115. The molecular weight excluding hydrogens is 398 g/mol. The number of nitrogens with zero attached hydrogens (tertiary/aromatic N) is 3. The van der Waals surface area contributed by atoms with Gasteiger partial charge < -0.3 is 0 Å². The predicted molar refractivity (Wildman–Crippen MR) is 111 cm³/mol. The highest BCUT2D eigenvalue weighted by molar-refractivity contribution is 8.18. The van der Waals surface area contributed by atoms with Gasteiger partial charge in [0.15, 0.2) is 0 Å². The summed E-state index contributed by atoms with van der Waals surface area (Å²) in [5.41, 5.74) is 3.04. The Kier molecular flexibility index (Phi) is 4.64. The lowest BCUT2D eigenvalue weighted by molar-refractivity contribution is -0.123. The van der Waals surface area contributed by atoms with Crippen molar-refractivity contribution in [3.63, 3.8) is 0 Å². The maximum absolute atomic E-state index is 12.7. The Morgan fingerprint density at radius 2 is 1.64 bits per heavy atom. The van der Waals surface area contributed by atoms with Gasteiger partial charge in [-0.2, -0.15) is 0 Å². The van der Waals surface area contributed by atoms with Gasteiger partial charge in [0.25, 0.3) is 11.1 Å². The largest absolute Gasteiger partial charge is 0.328 e. The van der Waals surface area contributed by atoms with Gasteiger partial charge in [0.1, 0.15) is 0 Å². The summed E-state index contributed by atoms with van der Waals surface area (Å²) in [5, 5.41) is 0.294. The summed E-state index contributed by atoms with van der Waals surface area (Å²) < 4.78 is 3.12. The van der Waals surface area contributed by atoms with Gasteiger partial charge in [0.05, 0.1) is 22.5 Å². The molecular formula is C20H16ClN3O3S. The van der Waals surface area contributed by atoms with Crippen molar-refractivity contribution in [3.05, 3.63) is 74.0 Å². The molecule has 0 N–H and O–H groups in total. The topological polar surface area (TPSA) is 64.3 Å². The summed E-state index contributed by atoms with van der Waals surface area (Å²) in [7, 11) is 3.42. The zero-order chi connectivity index (χ0) is 20.0. The molecule has 1 aromatic heterocycles. The summed E-state index contributed by atoms with van der Waals surface area (Å²) in [4.78, 5) is 38.7. The molecule has 0 atom stereocenters. The average molecular weight is 414 g/mol. The molecule has 6 nitrogen and oxygen atoms in total. The number of halogens is 1. The molecule has 1 saturated heterocycles. The molecule has 2 heterocycles. The normalized spacial score (nSPS) is 16.0. The van der Waals surface area contributed by atoms with Crippen LogP contribution in [0, 0.1) is 0 Å². The lowest BCUT2D eigenvalue weighted by atomic mass is 10.1. The number of hydrogen-bond acceptors (Lipinski definition) is 4. The first-order valence-corrected chi connectivity index (χ1v) is 9.70. The van der Waals surface area contributed by atoms with Gasteiger partial charge in [0.2, 0.25) is 0 Å². The number of imide groups is 1. The zero-order valence-electron chi connectivity index (χ0n) is 15.2. The van der Waals surface area contributed by atoms with Gasteiger partial charge >= 0.3 is 5.69 Å². The summed E-state index contributed by atoms with van der Waals surface area (Å²) in [6.45, 7) is 0.200. The number of aryl methyl sites for hydroxylation is 2. The molecule has 8 heteroatoms. The van der Waals surface area contributed by atoms with Crippen molar-refractivity contribution in [2.75, 3.05) is 0 Å². The third-order valence-electron chi connectivity index (χ3n) is 4.72. The third-order valence-corrected chi connectivity index (χ3v) is 5.88. The van der Waals surface area contributed by atoms with Crippen molar-refractivity contribution >= 4 is 51.6 Å². The fraction of sp³-hybridized carbons (Fsp3) is 0.150. The number of imidazole rings is 1. The van der Waals surface area contributed by atoms with Crippen LogP contribution in [0.25, 0.3) is 17.1 Å². The summed E-state index contributed by atoms with van der Waals surface area (Å²) in [5.74, 6) is -0.327. The van der Waals surface area contributed by atoms with Gasteiger partial charge in [-0.05, 0) is 53.2 Å². The van der Waals surface area contributed by atoms with Crippen molar-refractivity contribution in [1.82, 2.24) is 14.0 Å². The second-order valence-electron chi connectivity index (χ2n) is 6.54. The van der Waals surface area contributed by atoms with Gasteiger partial charge in [-0.1, -0.05) is 29.8 Å². The first kappa shape index (κ1) is 18.6. The molecule has 0 bridgehead atoms. The highest BCUT2D eigenvalue weighted by Crippen LogP contribution is 2.33. The van der Waals surface area contributed by atoms with Gasteiger partial charge in [-0.15, -0.1) is 0 Å². The number of fused-ring (bicyclic) bond motifs is 1. The number of thioether (sulfide) groups is 1. The minimum atomic E-state index is -0.327. The van der Waals surface area contributed by atoms with Gasteiger partial charge in [-0.3, -0.25) is 23.6 Å². The van der Waals surface area contributed by atoms with Crippen molar-refractivity contribution < 1.29 is 9.59 Å². The van der Waals surface area contributed by atoms with Gasteiger partial charge in [-0.25, -0.2) is 4.79 Å². The van der Waals surface area contributed by atoms with E-state index < -0.39 is 0 Å². The van der Waals surface area contributed by atoms with Crippen molar-refractivity contribution in [2.45, 2.75) is 6.54 Å². The van der Waals surface area contributed by atoms with E-state index >= 15 is 0 Å². The molecule has 4 rings (SSSR count). The molecule has 1 aliphatic rings. The predicted octanol–water partition coefficient (Wildman–Crippen LogP) is 3.77. The Balaban J connectivity index is 1.63. The molecule has 0 aliphatic carbocycles. The Bertz CT molecular complexity index is 1210. The Labute approximate surface area is 170 Å². The zero-order valence-corrected chi connectivity index (χ0v) is 16.8. The minimum Gasteiger partial charge on any atom is -0.295 e. The monoisotopic (exact) mass is 413 g/mol. The number of rotatable bonds is 3. The molecule has 2 amide bonds. The van der Waals surface area contributed by atoms with Crippen LogP contribution in [0.3, 0.4) is 0 Å². The standard InChI is InChI=1S/C20H16ClN3O3S/c1-22-15-8-5-13(9-16(15)23(2)19(22)26)10-17-18(25)24(20(27)28-17)11-12-3-6-14(21)7-4-12/h3-10H,11H2,1-2H3/b17-10-. The van der Waals surface area contributed by atoms with Gasteiger partial charge in [0, 0.05) is 19.1 Å². The maximum atomic E-state index is 12.7. The smallest absolute Gasteiger partial charge is 0.295 e. The molecule has 0 spiro atoms. The SMILES string of the molecule is Cn1c(=O)n(C)c2cc(/C=C3\SC(=O)N(Cc4ccc(Cl)cc4)C3=O)ccc21. The Morgan fingerprint density at radius 3 is 2.36 bits per heavy atom. The molecule has 0 saturated carbocycles. The van der Waals surface area contributed by atoms with E-state index in [2.05, 4.69) is 0 Å². The lowest BCUT2D eigenvalue weighted by Gasteiger charge is -2.12. The van der Waals surface area contributed by atoms with Crippen LogP contribution in [0.15, 0.2) is 52.2 Å². The highest BCUT2D eigenvalue weighted by atomic mass is 35.5. The second kappa shape index (κ2) is 7.00. The van der Waals surface area contributed by atoms with Crippen LogP contribution in [0.4, 0.5) is 4.79 Å². The number of carbonyl (C=O) groups excluding carboxylic acids is 2. The fourth-order valence-corrected chi connectivity index (χ4v) is 4.14. The first-order valence-electron chi connectivity index (χ1n) is 8.50. The maximum Gasteiger partial charge on any atom is 0.328 e. The van der Waals surface area contributed by atoms with Crippen molar-refractivity contribution in [2.24, 2.45) is 14.1 Å². The van der Waals surface area contributed by atoms with E-state index in [1.807, 2.05) is 18.2 Å². The van der Waals surface area contributed by atoms with Crippen LogP contribution in [0.2, 0.25) is 5.02 Å². The van der Waals surface area contributed by atoms with E-state index in [1.165, 1.54) is 4.90 Å². The van der Waals surface area contributed by atoms with Crippen LogP contribution >= 0.6 is 23.4 Å². The fourth-order valence-electron chi connectivity index (χ4n) is 3.17. The Morgan fingerprint density at radius 1 is 0.964 bits per heavy atom. The molecule has 142 valence electrons. The number of carbonyl (C=O) groups is 2. The van der Waals surface area contributed by atoms with E-state index in [9.17, 15) is 14.4 Å². The highest BCUT2D eigenvalue weighted by Gasteiger charge is 2.35. The summed E-state index contributed by atoms with van der Waals surface area (Å²) in [6.07, 6.45) is 1.68. The van der Waals surface area contributed by atoms with Crippen LogP contribution in [0.5, 0.6) is 0 Å². The molecule has 0 radical (unpaired) electrons. The number of aromatic nitrogens is 2. The summed E-state index contributed by atoms with van der Waals surface area (Å²) in [6, 6.07) is 12.5. The molecule has 28 heavy (non-hydrogen) atoms. The van der Waals surface area contributed by atoms with Crippen LogP contribution in [-0.4, -0.2) is 25.2 Å². The number of benzene rings is 2. The Hall–Kier alpha value is -2.77. The average Bonchev–Trinajstić information content (AvgIpc) is 3.06. The molecule has 1 fully saturated rings. The quantitative estimate of drug-likeness (QED) is 0.613.